The minimum atomic E-state index is -0.871. The Morgan fingerprint density at radius 1 is 1.57 bits per heavy atom. The summed E-state index contributed by atoms with van der Waals surface area (Å²) in [6, 6.07) is 0. The summed E-state index contributed by atoms with van der Waals surface area (Å²) < 4.78 is 0. The third-order valence-corrected chi connectivity index (χ3v) is 2.75. The van der Waals surface area contributed by atoms with Gasteiger partial charge in [0.2, 0.25) is 0 Å². The van der Waals surface area contributed by atoms with E-state index in [1.165, 1.54) is 4.90 Å². The first kappa shape index (κ1) is 11.3. The maximum absolute atomic E-state index is 10.6. The second-order valence-electron chi connectivity index (χ2n) is 4.47. The fourth-order valence-electron chi connectivity index (χ4n) is 1.95. The third kappa shape index (κ3) is 2.87. The molecule has 1 fully saturated rings. The molecule has 4 heteroatoms. The van der Waals surface area contributed by atoms with E-state index in [9.17, 15) is 9.90 Å². The van der Waals surface area contributed by atoms with E-state index in [-0.39, 0.29) is 12.0 Å². The Morgan fingerprint density at radius 2 is 2.21 bits per heavy atom. The molecule has 2 N–H and O–H groups in total. The highest BCUT2D eigenvalue weighted by Crippen LogP contribution is 2.23. The largest absolute Gasteiger partial charge is 0.465 e. The molecule has 0 spiro atoms. The lowest BCUT2D eigenvalue weighted by molar-refractivity contribution is 0.0881. The van der Waals surface area contributed by atoms with Crippen molar-refractivity contribution in [1.29, 1.82) is 0 Å². The van der Waals surface area contributed by atoms with E-state index >= 15 is 0 Å². The van der Waals surface area contributed by atoms with Gasteiger partial charge in [0.05, 0.1) is 6.10 Å². The topological polar surface area (TPSA) is 60.8 Å². The molecule has 0 aliphatic carbocycles. The predicted octanol–water partition coefficient (Wildman–Crippen LogP) is 1.39. The molecule has 0 bridgehead atoms. The van der Waals surface area contributed by atoms with Gasteiger partial charge < -0.3 is 15.1 Å². The fourth-order valence-corrected chi connectivity index (χ4v) is 1.95. The van der Waals surface area contributed by atoms with Crippen molar-refractivity contribution in [2.45, 2.75) is 32.8 Å². The fraction of sp³-hybridized carbons (Fsp3) is 0.900. The molecule has 1 saturated heterocycles. The summed E-state index contributed by atoms with van der Waals surface area (Å²) in [5.41, 5.74) is 0. The van der Waals surface area contributed by atoms with Crippen LogP contribution in [0, 0.1) is 11.8 Å². The highest BCUT2D eigenvalue weighted by Gasteiger charge is 2.30. The van der Waals surface area contributed by atoms with Gasteiger partial charge in [0.25, 0.3) is 0 Å². The molecule has 0 aromatic rings. The van der Waals surface area contributed by atoms with E-state index in [4.69, 9.17) is 5.11 Å². The standard InChI is InChI=1S/C10H19NO3/c1-7(2)5-9(12)8-3-4-11(6-8)10(13)14/h7-9,12H,3-6H2,1-2H3,(H,13,14)/t8-,9-/m0/s1. The number of aliphatic hydroxyl groups excluding tert-OH is 1. The van der Waals surface area contributed by atoms with E-state index < -0.39 is 6.09 Å². The molecule has 0 unspecified atom stereocenters. The molecule has 0 saturated carbocycles. The zero-order chi connectivity index (χ0) is 10.7. The molecule has 1 aliphatic heterocycles. The van der Waals surface area contributed by atoms with Crippen molar-refractivity contribution in [2.75, 3.05) is 13.1 Å². The summed E-state index contributed by atoms with van der Waals surface area (Å²) in [6.45, 7) is 5.18. The highest BCUT2D eigenvalue weighted by atomic mass is 16.4. The van der Waals surface area contributed by atoms with Gasteiger partial charge in [-0.1, -0.05) is 13.8 Å². The van der Waals surface area contributed by atoms with Crippen LogP contribution in [0.4, 0.5) is 4.79 Å². The number of nitrogens with zero attached hydrogens (tertiary/aromatic N) is 1. The SMILES string of the molecule is CC(C)C[C@H](O)[C@H]1CCN(C(=O)O)C1. The lowest BCUT2D eigenvalue weighted by Crippen LogP contribution is -2.30. The van der Waals surface area contributed by atoms with E-state index in [2.05, 4.69) is 13.8 Å². The number of carbonyl (C=O) groups is 1. The van der Waals surface area contributed by atoms with Crippen LogP contribution in [0.3, 0.4) is 0 Å². The Labute approximate surface area is 84.5 Å². The number of amides is 1. The maximum atomic E-state index is 10.6. The second kappa shape index (κ2) is 4.64. The first-order chi connectivity index (χ1) is 6.50. The van der Waals surface area contributed by atoms with Crippen molar-refractivity contribution >= 4 is 6.09 Å². The van der Waals surface area contributed by atoms with E-state index in [1.54, 1.807) is 0 Å². The van der Waals surface area contributed by atoms with Crippen LogP contribution < -0.4 is 0 Å². The predicted molar refractivity (Wildman–Crippen MR) is 53.2 cm³/mol. The molecule has 1 rings (SSSR count). The van der Waals surface area contributed by atoms with Crippen LogP contribution in [0.15, 0.2) is 0 Å². The van der Waals surface area contributed by atoms with Gasteiger partial charge in [0.15, 0.2) is 0 Å². The summed E-state index contributed by atoms with van der Waals surface area (Å²) in [5.74, 6) is 0.595. The van der Waals surface area contributed by atoms with Crippen molar-refractivity contribution in [3.8, 4) is 0 Å². The minimum Gasteiger partial charge on any atom is -0.465 e. The summed E-state index contributed by atoms with van der Waals surface area (Å²) in [6.07, 6.45) is 0.335. The molecule has 0 aromatic carbocycles. The van der Waals surface area contributed by atoms with Gasteiger partial charge in [-0.25, -0.2) is 4.79 Å². The Hall–Kier alpha value is -0.770. The average Bonchev–Trinajstić information content (AvgIpc) is 2.50. The van der Waals surface area contributed by atoms with Crippen LogP contribution in [0.5, 0.6) is 0 Å². The van der Waals surface area contributed by atoms with Gasteiger partial charge in [-0.05, 0) is 18.8 Å². The molecule has 2 atom stereocenters. The molecule has 1 aliphatic rings. The zero-order valence-electron chi connectivity index (χ0n) is 8.81. The molecule has 14 heavy (non-hydrogen) atoms. The average molecular weight is 201 g/mol. The van der Waals surface area contributed by atoms with Gasteiger partial charge in [0, 0.05) is 19.0 Å². The van der Waals surface area contributed by atoms with Crippen LogP contribution in [-0.2, 0) is 0 Å². The number of carboxylic acid groups (broad SMARTS) is 1. The number of aliphatic hydroxyl groups is 1. The Balaban J connectivity index is 2.37. The quantitative estimate of drug-likeness (QED) is 0.725. The van der Waals surface area contributed by atoms with Gasteiger partial charge in [-0.2, -0.15) is 0 Å². The van der Waals surface area contributed by atoms with Gasteiger partial charge >= 0.3 is 6.09 Å². The van der Waals surface area contributed by atoms with E-state index in [0.717, 1.165) is 12.8 Å². The summed E-state index contributed by atoms with van der Waals surface area (Å²) >= 11 is 0. The van der Waals surface area contributed by atoms with Gasteiger partial charge in [-0.3, -0.25) is 0 Å². The van der Waals surface area contributed by atoms with Crippen molar-refractivity contribution < 1.29 is 15.0 Å². The van der Waals surface area contributed by atoms with Crippen molar-refractivity contribution in [3.05, 3.63) is 0 Å². The van der Waals surface area contributed by atoms with Gasteiger partial charge in [0.1, 0.15) is 0 Å². The first-order valence-electron chi connectivity index (χ1n) is 5.16. The van der Waals surface area contributed by atoms with Crippen LogP contribution in [0.25, 0.3) is 0 Å². The molecular weight excluding hydrogens is 182 g/mol. The molecule has 1 amide bonds. The van der Waals surface area contributed by atoms with Crippen LogP contribution in [-0.4, -0.2) is 40.4 Å². The number of likely N-dealkylation sites (tertiary alicyclic amines) is 1. The maximum Gasteiger partial charge on any atom is 0.407 e. The third-order valence-electron chi connectivity index (χ3n) is 2.75. The van der Waals surface area contributed by atoms with Crippen LogP contribution in [0.2, 0.25) is 0 Å². The monoisotopic (exact) mass is 201 g/mol. The van der Waals surface area contributed by atoms with E-state index in [0.29, 0.717) is 19.0 Å². The lowest BCUT2D eigenvalue weighted by atomic mass is 9.94. The van der Waals surface area contributed by atoms with Crippen molar-refractivity contribution in [3.63, 3.8) is 0 Å². The van der Waals surface area contributed by atoms with Crippen LogP contribution >= 0.6 is 0 Å². The number of hydrogen-bond acceptors (Lipinski definition) is 2. The molecule has 4 nitrogen and oxygen atoms in total. The normalized spacial score (nSPS) is 24.3. The molecule has 0 aromatic heterocycles. The molecule has 82 valence electrons. The summed E-state index contributed by atoms with van der Waals surface area (Å²) in [7, 11) is 0. The van der Waals surface area contributed by atoms with Gasteiger partial charge in [-0.15, -0.1) is 0 Å². The van der Waals surface area contributed by atoms with Crippen LogP contribution in [0.1, 0.15) is 26.7 Å². The number of rotatable bonds is 3. The Bertz CT molecular complexity index is 206. The molecule has 0 radical (unpaired) electrons. The first-order valence-corrected chi connectivity index (χ1v) is 5.16. The summed E-state index contributed by atoms with van der Waals surface area (Å²) in [4.78, 5) is 12.0. The Kier molecular flexibility index (Phi) is 3.75. The number of hydrogen-bond donors (Lipinski definition) is 2. The summed E-state index contributed by atoms with van der Waals surface area (Å²) in [5, 5.41) is 18.5. The van der Waals surface area contributed by atoms with Crippen molar-refractivity contribution in [2.24, 2.45) is 11.8 Å². The van der Waals surface area contributed by atoms with E-state index in [1.807, 2.05) is 0 Å². The zero-order valence-corrected chi connectivity index (χ0v) is 8.81. The lowest BCUT2D eigenvalue weighted by Gasteiger charge is -2.19. The second-order valence-corrected chi connectivity index (χ2v) is 4.47. The Morgan fingerprint density at radius 3 is 2.64 bits per heavy atom. The molecule has 1 heterocycles. The minimum absolute atomic E-state index is 0.133. The van der Waals surface area contributed by atoms with Crippen molar-refractivity contribution in [1.82, 2.24) is 4.90 Å². The molecular formula is C10H19NO3. The highest BCUT2D eigenvalue weighted by molar-refractivity contribution is 5.65. The smallest absolute Gasteiger partial charge is 0.407 e.